The summed E-state index contributed by atoms with van der Waals surface area (Å²) in [5, 5.41) is 14.5. The highest BCUT2D eigenvalue weighted by molar-refractivity contribution is 5.93. The van der Waals surface area contributed by atoms with Crippen LogP contribution in [0, 0.1) is 0 Å². The lowest BCUT2D eigenvalue weighted by molar-refractivity contribution is 0.271. The van der Waals surface area contributed by atoms with E-state index in [0.29, 0.717) is 5.69 Å². The third-order valence-corrected chi connectivity index (χ3v) is 2.84. The first kappa shape index (κ1) is 11.7. The number of benzene rings is 1. The highest BCUT2D eigenvalue weighted by Crippen LogP contribution is 2.24. The first-order valence-electron chi connectivity index (χ1n) is 5.76. The SMILES string of the molecule is CCC(CO)Nc1nccc2ccc(N)cc12. The molecule has 1 atom stereocenters. The van der Waals surface area contributed by atoms with E-state index in [0.717, 1.165) is 23.0 Å². The zero-order chi connectivity index (χ0) is 12.3. The van der Waals surface area contributed by atoms with Gasteiger partial charge in [0, 0.05) is 17.3 Å². The van der Waals surface area contributed by atoms with Gasteiger partial charge in [-0.25, -0.2) is 4.98 Å². The molecule has 0 aliphatic rings. The Labute approximate surface area is 100 Å². The van der Waals surface area contributed by atoms with Gasteiger partial charge in [-0.15, -0.1) is 0 Å². The number of nitrogens with one attached hydrogen (secondary N) is 1. The van der Waals surface area contributed by atoms with Crippen molar-refractivity contribution in [3.63, 3.8) is 0 Å². The van der Waals surface area contributed by atoms with Crippen LogP contribution in [0.25, 0.3) is 10.8 Å². The van der Waals surface area contributed by atoms with E-state index >= 15 is 0 Å². The summed E-state index contributed by atoms with van der Waals surface area (Å²) in [4.78, 5) is 4.31. The molecule has 90 valence electrons. The fourth-order valence-corrected chi connectivity index (χ4v) is 1.77. The van der Waals surface area contributed by atoms with Crippen LogP contribution in [0.1, 0.15) is 13.3 Å². The van der Waals surface area contributed by atoms with Gasteiger partial charge in [-0.2, -0.15) is 0 Å². The second kappa shape index (κ2) is 5.01. The summed E-state index contributed by atoms with van der Waals surface area (Å²) >= 11 is 0. The van der Waals surface area contributed by atoms with Gasteiger partial charge in [0.1, 0.15) is 5.82 Å². The third kappa shape index (κ3) is 2.47. The number of anilines is 2. The summed E-state index contributed by atoms with van der Waals surface area (Å²) in [7, 11) is 0. The summed E-state index contributed by atoms with van der Waals surface area (Å²) in [5.41, 5.74) is 6.50. The second-order valence-electron chi connectivity index (χ2n) is 4.07. The van der Waals surface area contributed by atoms with Crippen LogP contribution in [0.2, 0.25) is 0 Å². The zero-order valence-corrected chi connectivity index (χ0v) is 9.85. The van der Waals surface area contributed by atoms with Crippen molar-refractivity contribution < 1.29 is 5.11 Å². The Morgan fingerprint density at radius 1 is 1.41 bits per heavy atom. The number of aliphatic hydroxyl groups excluding tert-OH is 1. The van der Waals surface area contributed by atoms with E-state index in [9.17, 15) is 5.11 Å². The molecule has 2 aromatic rings. The zero-order valence-electron chi connectivity index (χ0n) is 9.85. The highest BCUT2D eigenvalue weighted by Gasteiger charge is 2.08. The van der Waals surface area contributed by atoms with Crippen molar-refractivity contribution in [3.8, 4) is 0 Å². The van der Waals surface area contributed by atoms with E-state index in [-0.39, 0.29) is 12.6 Å². The van der Waals surface area contributed by atoms with Gasteiger partial charge in [0.15, 0.2) is 0 Å². The largest absolute Gasteiger partial charge is 0.399 e. The highest BCUT2D eigenvalue weighted by atomic mass is 16.3. The maximum Gasteiger partial charge on any atom is 0.134 e. The molecular formula is C13H17N3O. The van der Waals surface area contributed by atoms with Crippen molar-refractivity contribution in [1.29, 1.82) is 0 Å². The van der Waals surface area contributed by atoms with E-state index in [4.69, 9.17) is 5.73 Å². The van der Waals surface area contributed by atoms with Crippen molar-refractivity contribution in [2.45, 2.75) is 19.4 Å². The fraction of sp³-hybridized carbons (Fsp3) is 0.308. The van der Waals surface area contributed by atoms with E-state index in [1.165, 1.54) is 0 Å². The predicted molar refractivity (Wildman–Crippen MR) is 70.9 cm³/mol. The van der Waals surface area contributed by atoms with Crippen molar-refractivity contribution in [2.75, 3.05) is 17.7 Å². The molecule has 1 unspecified atom stereocenters. The Bertz CT molecular complexity index is 509. The Hall–Kier alpha value is -1.81. The number of aliphatic hydroxyl groups is 1. The second-order valence-corrected chi connectivity index (χ2v) is 4.07. The molecule has 17 heavy (non-hydrogen) atoms. The maximum atomic E-state index is 9.20. The lowest BCUT2D eigenvalue weighted by Gasteiger charge is -2.16. The summed E-state index contributed by atoms with van der Waals surface area (Å²) in [6, 6.07) is 7.70. The molecular weight excluding hydrogens is 214 g/mol. The maximum absolute atomic E-state index is 9.20. The molecule has 1 aromatic heterocycles. The van der Waals surface area contributed by atoms with Crippen LogP contribution >= 0.6 is 0 Å². The average molecular weight is 231 g/mol. The van der Waals surface area contributed by atoms with Gasteiger partial charge >= 0.3 is 0 Å². The minimum absolute atomic E-state index is 0.0227. The van der Waals surface area contributed by atoms with Crippen LogP contribution in [-0.2, 0) is 0 Å². The minimum atomic E-state index is 0.0227. The monoisotopic (exact) mass is 231 g/mol. The van der Waals surface area contributed by atoms with E-state index in [1.807, 2.05) is 31.2 Å². The van der Waals surface area contributed by atoms with E-state index in [1.54, 1.807) is 6.20 Å². The van der Waals surface area contributed by atoms with Crippen LogP contribution in [0.5, 0.6) is 0 Å². The first-order valence-corrected chi connectivity index (χ1v) is 5.76. The number of hydrogen-bond donors (Lipinski definition) is 3. The standard InChI is InChI=1S/C13H17N3O/c1-2-11(8-17)16-13-12-7-10(14)4-3-9(12)5-6-15-13/h3-7,11,17H,2,8,14H2,1H3,(H,15,16). The van der Waals surface area contributed by atoms with Crippen LogP contribution in [0.4, 0.5) is 11.5 Å². The normalized spacial score (nSPS) is 12.6. The van der Waals surface area contributed by atoms with Gasteiger partial charge in [0.05, 0.1) is 12.6 Å². The molecule has 0 fully saturated rings. The molecule has 0 radical (unpaired) electrons. The Morgan fingerprint density at radius 2 is 2.24 bits per heavy atom. The number of aromatic nitrogens is 1. The molecule has 0 aliphatic carbocycles. The van der Waals surface area contributed by atoms with Crippen LogP contribution in [0.3, 0.4) is 0 Å². The number of nitrogen functional groups attached to an aromatic ring is 1. The number of hydrogen-bond acceptors (Lipinski definition) is 4. The van der Waals surface area contributed by atoms with Gasteiger partial charge in [0.2, 0.25) is 0 Å². The Kier molecular flexibility index (Phi) is 3.44. The number of pyridine rings is 1. The van der Waals surface area contributed by atoms with Gasteiger partial charge < -0.3 is 16.2 Å². The van der Waals surface area contributed by atoms with Crippen LogP contribution in [-0.4, -0.2) is 22.7 Å². The molecule has 1 aromatic carbocycles. The Morgan fingerprint density at radius 3 is 2.94 bits per heavy atom. The smallest absolute Gasteiger partial charge is 0.134 e. The number of rotatable bonds is 4. The van der Waals surface area contributed by atoms with Gasteiger partial charge in [-0.05, 0) is 30.0 Å². The van der Waals surface area contributed by atoms with Crippen molar-refractivity contribution in [1.82, 2.24) is 4.98 Å². The van der Waals surface area contributed by atoms with Crippen molar-refractivity contribution in [2.24, 2.45) is 0 Å². The van der Waals surface area contributed by atoms with Crippen LogP contribution < -0.4 is 11.1 Å². The molecule has 2 rings (SSSR count). The molecule has 0 aliphatic heterocycles. The summed E-state index contributed by atoms with van der Waals surface area (Å²) in [6.07, 6.45) is 2.60. The number of nitrogens with zero attached hydrogens (tertiary/aromatic N) is 1. The first-order chi connectivity index (χ1) is 8.24. The number of nitrogens with two attached hydrogens (primary N) is 1. The molecule has 0 bridgehead atoms. The summed E-state index contributed by atoms with van der Waals surface area (Å²) in [5.74, 6) is 0.774. The lowest BCUT2D eigenvalue weighted by Crippen LogP contribution is -2.23. The average Bonchev–Trinajstić information content (AvgIpc) is 2.36. The molecule has 0 saturated heterocycles. The Balaban J connectivity index is 2.42. The lowest BCUT2D eigenvalue weighted by atomic mass is 10.1. The molecule has 0 amide bonds. The molecule has 4 heteroatoms. The van der Waals surface area contributed by atoms with E-state index in [2.05, 4.69) is 10.3 Å². The topological polar surface area (TPSA) is 71.2 Å². The third-order valence-electron chi connectivity index (χ3n) is 2.84. The molecule has 0 spiro atoms. The molecule has 4 N–H and O–H groups in total. The summed E-state index contributed by atoms with van der Waals surface area (Å²) in [6.45, 7) is 2.12. The molecule has 1 heterocycles. The van der Waals surface area contributed by atoms with Gasteiger partial charge in [0.25, 0.3) is 0 Å². The van der Waals surface area contributed by atoms with Gasteiger partial charge in [-0.3, -0.25) is 0 Å². The molecule has 4 nitrogen and oxygen atoms in total. The quantitative estimate of drug-likeness (QED) is 0.704. The van der Waals surface area contributed by atoms with Crippen molar-refractivity contribution >= 4 is 22.3 Å². The molecule has 0 saturated carbocycles. The summed E-state index contributed by atoms with van der Waals surface area (Å²) < 4.78 is 0. The fourth-order valence-electron chi connectivity index (χ4n) is 1.77. The van der Waals surface area contributed by atoms with Gasteiger partial charge in [-0.1, -0.05) is 13.0 Å². The predicted octanol–water partition coefficient (Wildman–Crippen LogP) is 2.00. The minimum Gasteiger partial charge on any atom is -0.399 e. The van der Waals surface area contributed by atoms with E-state index < -0.39 is 0 Å². The van der Waals surface area contributed by atoms with Crippen LogP contribution in [0.15, 0.2) is 30.5 Å². The van der Waals surface area contributed by atoms with Crippen molar-refractivity contribution in [3.05, 3.63) is 30.5 Å². The number of fused-ring (bicyclic) bond motifs is 1.